The minimum atomic E-state index is -3.82. The number of nitrogens with one attached hydrogen (secondary N) is 2. The maximum absolute atomic E-state index is 12.5. The van der Waals surface area contributed by atoms with Gasteiger partial charge in [-0.25, -0.2) is 21.6 Å². The lowest BCUT2D eigenvalue weighted by atomic mass is 10.1. The van der Waals surface area contributed by atoms with Crippen LogP contribution in [-0.2, 0) is 37.5 Å². The summed E-state index contributed by atoms with van der Waals surface area (Å²) in [5.74, 6) is -0.0941. The van der Waals surface area contributed by atoms with Crippen molar-refractivity contribution in [3.63, 3.8) is 0 Å². The van der Waals surface area contributed by atoms with Gasteiger partial charge < -0.3 is 5.32 Å². The highest BCUT2D eigenvalue weighted by atomic mass is 32.2. The van der Waals surface area contributed by atoms with E-state index in [1.807, 2.05) is 6.07 Å². The fourth-order valence-electron chi connectivity index (χ4n) is 3.88. The van der Waals surface area contributed by atoms with Gasteiger partial charge in [-0.1, -0.05) is 6.07 Å². The molecule has 0 aromatic heterocycles. The quantitative estimate of drug-likeness (QED) is 0.589. The molecule has 4 rings (SSSR count). The third-order valence-electron chi connectivity index (χ3n) is 5.44. The summed E-state index contributed by atoms with van der Waals surface area (Å²) in [7, 11) is -7.00. The van der Waals surface area contributed by atoms with Gasteiger partial charge in [-0.05, 0) is 73.2 Å². The zero-order valence-electron chi connectivity index (χ0n) is 16.8. The lowest BCUT2D eigenvalue weighted by Crippen LogP contribution is -2.35. The van der Waals surface area contributed by atoms with Crippen LogP contribution in [0.4, 0.5) is 5.69 Å². The van der Waals surface area contributed by atoms with Crippen LogP contribution in [0.15, 0.2) is 52.3 Å². The Morgan fingerprint density at radius 1 is 1.06 bits per heavy atom. The molecule has 2 aromatic rings. The van der Waals surface area contributed by atoms with Gasteiger partial charge in [0.15, 0.2) is 9.84 Å². The summed E-state index contributed by atoms with van der Waals surface area (Å²) in [6, 6.07) is 11.6. The molecule has 1 unspecified atom stereocenters. The molecule has 0 bridgehead atoms. The Balaban J connectivity index is 1.31. The van der Waals surface area contributed by atoms with E-state index in [-0.39, 0.29) is 34.5 Å². The van der Waals surface area contributed by atoms with E-state index in [4.69, 9.17) is 0 Å². The third kappa shape index (κ3) is 5.68. The van der Waals surface area contributed by atoms with E-state index >= 15 is 0 Å². The first kappa shape index (κ1) is 22.3. The summed E-state index contributed by atoms with van der Waals surface area (Å²) in [5, 5.41) is 2.77. The number of hydrogen-bond donors (Lipinski definition) is 2. The van der Waals surface area contributed by atoms with Crippen molar-refractivity contribution in [1.29, 1.82) is 0 Å². The molecule has 2 aromatic carbocycles. The van der Waals surface area contributed by atoms with E-state index < -0.39 is 25.9 Å². The molecule has 0 saturated carbocycles. The molecule has 1 fully saturated rings. The Labute approximate surface area is 187 Å². The first-order valence-corrected chi connectivity index (χ1v) is 14.4. The topological polar surface area (TPSA) is 109 Å². The number of carbonyl (C=O) groups excluding carboxylic acids is 1. The molecular formula is C21H24N2O5S3. The van der Waals surface area contributed by atoms with Crippen LogP contribution in [0.5, 0.6) is 0 Å². The number of benzene rings is 2. The Bertz CT molecular complexity index is 1190. The fourth-order valence-corrected chi connectivity index (χ4v) is 7.69. The molecule has 1 atom stereocenters. The van der Waals surface area contributed by atoms with Gasteiger partial charge in [-0.2, -0.15) is 0 Å². The molecule has 2 N–H and O–H groups in total. The fraction of sp³-hybridized carbons (Fsp3) is 0.381. The molecule has 0 radical (unpaired) electrons. The summed E-state index contributed by atoms with van der Waals surface area (Å²) in [6.45, 7) is 0. The van der Waals surface area contributed by atoms with Crippen LogP contribution in [0.2, 0.25) is 0 Å². The highest BCUT2D eigenvalue weighted by molar-refractivity contribution is 8.00. The van der Waals surface area contributed by atoms with Gasteiger partial charge in [-0.3, -0.25) is 4.79 Å². The average molecular weight is 481 g/mol. The number of aryl methyl sites for hydroxylation is 2. The zero-order valence-corrected chi connectivity index (χ0v) is 19.3. The van der Waals surface area contributed by atoms with Crippen molar-refractivity contribution in [2.24, 2.45) is 0 Å². The molecule has 31 heavy (non-hydrogen) atoms. The number of anilines is 1. The third-order valence-corrected chi connectivity index (χ3v) is 9.74. The summed E-state index contributed by atoms with van der Waals surface area (Å²) >= 11 is 1.47. The molecule has 1 aliphatic carbocycles. The van der Waals surface area contributed by atoms with E-state index in [1.54, 1.807) is 0 Å². The maximum atomic E-state index is 12.5. The smallest absolute Gasteiger partial charge is 0.240 e. The van der Waals surface area contributed by atoms with E-state index in [0.29, 0.717) is 5.69 Å². The minimum Gasteiger partial charge on any atom is -0.325 e. The lowest BCUT2D eigenvalue weighted by molar-refractivity contribution is -0.113. The number of sulfone groups is 1. The van der Waals surface area contributed by atoms with Crippen molar-refractivity contribution >= 4 is 43.2 Å². The molecule has 1 aliphatic heterocycles. The van der Waals surface area contributed by atoms with Gasteiger partial charge in [0.2, 0.25) is 15.9 Å². The Morgan fingerprint density at radius 2 is 1.81 bits per heavy atom. The van der Waals surface area contributed by atoms with Gasteiger partial charge in [0.05, 0.1) is 22.2 Å². The number of rotatable bonds is 7. The molecule has 7 nitrogen and oxygen atoms in total. The summed E-state index contributed by atoms with van der Waals surface area (Å²) in [5.41, 5.74) is 3.26. The van der Waals surface area contributed by atoms with Crippen LogP contribution in [-0.4, -0.2) is 46.0 Å². The maximum Gasteiger partial charge on any atom is 0.240 e. The summed E-state index contributed by atoms with van der Waals surface area (Å²) < 4.78 is 50.5. The van der Waals surface area contributed by atoms with Crippen molar-refractivity contribution < 1.29 is 21.6 Å². The zero-order chi connectivity index (χ0) is 22.1. The Hall–Kier alpha value is -1.88. The number of amides is 1. The van der Waals surface area contributed by atoms with Gasteiger partial charge >= 0.3 is 0 Å². The van der Waals surface area contributed by atoms with Crippen molar-refractivity contribution in [2.75, 3.05) is 22.6 Å². The molecule has 1 heterocycles. The van der Waals surface area contributed by atoms with E-state index in [2.05, 4.69) is 22.2 Å². The number of fused-ring (bicyclic) bond motifs is 1. The average Bonchev–Trinajstić information content (AvgIpc) is 3.31. The SMILES string of the molecule is O=C(CSc1ccc2c(c1)CCC2)Nc1ccc(S(=O)(=O)NC2CCS(=O)(=O)C2)cc1. The van der Waals surface area contributed by atoms with Crippen LogP contribution in [0, 0.1) is 0 Å². The standard InChI is InChI=1S/C21H24N2O5S3/c24-21(13-29-19-7-4-15-2-1-3-16(15)12-19)22-17-5-8-20(9-6-17)31(27,28)23-18-10-11-30(25,26)14-18/h4-9,12,18,23H,1-3,10-11,13-14H2,(H,22,24). The molecule has 0 spiro atoms. The summed E-state index contributed by atoms with van der Waals surface area (Å²) in [4.78, 5) is 13.4. The van der Waals surface area contributed by atoms with Crippen LogP contribution >= 0.6 is 11.8 Å². The van der Waals surface area contributed by atoms with Crippen LogP contribution in [0.3, 0.4) is 0 Å². The minimum absolute atomic E-state index is 0.00533. The largest absolute Gasteiger partial charge is 0.325 e. The van der Waals surface area contributed by atoms with Crippen molar-refractivity contribution in [2.45, 2.75) is 41.5 Å². The highest BCUT2D eigenvalue weighted by Crippen LogP contribution is 2.27. The first-order valence-electron chi connectivity index (χ1n) is 10.1. The molecule has 2 aliphatic rings. The van der Waals surface area contributed by atoms with Gasteiger partial charge in [-0.15, -0.1) is 11.8 Å². The second kappa shape index (κ2) is 8.93. The summed E-state index contributed by atoms with van der Waals surface area (Å²) in [6.07, 6.45) is 3.68. The van der Waals surface area contributed by atoms with Crippen LogP contribution in [0.25, 0.3) is 0 Å². The number of hydrogen-bond acceptors (Lipinski definition) is 6. The monoisotopic (exact) mass is 480 g/mol. The molecule has 1 amide bonds. The van der Waals surface area contributed by atoms with Crippen molar-refractivity contribution in [3.8, 4) is 0 Å². The Morgan fingerprint density at radius 3 is 2.52 bits per heavy atom. The van der Waals surface area contributed by atoms with Crippen molar-refractivity contribution in [1.82, 2.24) is 4.72 Å². The second-order valence-electron chi connectivity index (χ2n) is 7.87. The van der Waals surface area contributed by atoms with Gasteiger partial charge in [0, 0.05) is 16.6 Å². The second-order valence-corrected chi connectivity index (χ2v) is 12.9. The van der Waals surface area contributed by atoms with E-state index in [9.17, 15) is 21.6 Å². The normalized spacial score (nSPS) is 19.8. The molecule has 166 valence electrons. The predicted octanol–water partition coefficient (Wildman–Crippen LogP) is 2.37. The predicted molar refractivity (Wildman–Crippen MR) is 122 cm³/mol. The number of thioether (sulfide) groups is 1. The van der Waals surface area contributed by atoms with Gasteiger partial charge in [0.1, 0.15) is 0 Å². The van der Waals surface area contributed by atoms with Crippen LogP contribution in [0.1, 0.15) is 24.0 Å². The number of carbonyl (C=O) groups is 1. The van der Waals surface area contributed by atoms with Crippen LogP contribution < -0.4 is 10.0 Å². The molecule has 1 saturated heterocycles. The lowest BCUT2D eigenvalue weighted by Gasteiger charge is -2.12. The van der Waals surface area contributed by atoms with Crippen molar-refractivity contribution in [3.05, 3.63) is 53.6 Å². The van der Waals surface area contributed by atoms with Gasteiger partial charge in [0.25, 0.3) is 0 Å². The van der Waals surface area contributed by atoms with E-state index in [0.717, 1.165) is 17.7 Å². The highest BCUT2D eigenvalue weighted by Gasteiger charge is 2.31. The van der Waals surface area contributed by atoms with E-state index in [1.165, 1.54) is 53.6 Å². The first-order chi connectivity index (χ1) is 14.7. The molecular weight excluding hydrogens is 456 g/mol. The Kier molecular flexibility index (Phi) is 6.43. The molecule has 10 heteroatoms. The number of sulfonamides is 1.